The van der Waals surface area contributed by atoms with Crippen LogP contribution in [0.1, 0.15) is 56.4 Å². The van der Waals surface area contributed by atoms with Crippen LogP contribution < -0.4 is 10.0 Å². The predicted octanol–water partition coefficient (Wildman–Crippen LogP) is 2.05. The molecule has 1 amide bonds. The van der Waals surface area contributed by atoms with E-state index in [1.807, 2.05) is 0 Å². The molecule has 136 valence electrons. The SMILES string of the molecule is Cc1noc(C)c1S(=O)(=O)NCCNC(=O)CCC1CCCCC1. The van der Waals surface area contributed by atoms with Gasteiger partial charge >= 0.3 is 0 Å². The highest BCUT2D eigenvalue weighted by atomic mass is 32.2. The molecule has 0 bridgehead atoms. The highest BCUT2D eigenvalue weighted by molar-refractivity contribution is 7.89. The molecule has 1 aliphatic carbocycles. The zero-order valence-electron chi connectivity index (χ0n) is 14.4. The first kappa shape index (κ1) is 18.9. The van der Waals surface area contributed by atoms with Crippen LogP contribution in [-0.2, 0) is 14.8 Å². The summed E-state index contributed by atoms with van der Waals surface area (Å²) in [5.41, 5.74) is 0.330. The molecule has 2 N–H and O–H groups in total. The smallest absolute Gasteiger partial charge is 0.246 e. The maximum Gasteiger partial charge on any atom is 0.246 e. The molecule has 0 radical (unpaired) electrons. The molecule has 0 aromatic carbocycles. The van der Waals surface area contributed by atoms with Gasteiger partial charge in [0.1, 0.15) is 10.6 Å². The van der Waals surface area contributed by atoms with Crippen LogP contribution in [0.2, 0.25) is 0 Å². The van der Waals surface area contributed by atoms with Crippen LogP contribution in [-0.4, -0.2) is 32.6 Å². The number of hydrogen-bond donors (Lipinski definition) is 2. The first-order valence-corrected chi connectivity index (χ1v) is 10.1. The standard InChI is InChI=1S/C16H27N3O4S/c1-12-16(13(2)23-19-12)24(21,22)18-11-10-17-15(20)9-8-14-6-4-3-5-7-14/h14,18H,3-11H2,1-2H3,(H,17,20). The zero-order valence-corrected chi connectivity index (χ0v) is 15.2. The van der Waals surface area contributed by atoms with E-state index in [1.54, 1.807) is 13.8 Å². The third-order valence-electron chi connectivity index (χ3n) is 4.48. The van der Waals surface area contributed by atoms with Crippen molar-refractivity contribution in [2.75, 3.05) is 13.1 Å². The van der Waals surface area contributed by atoms with E-state index < -0.39 is 10.0 Å². The number of carbonyl (C=O) groups excluding carboxylic acids is 1. The largest absolute Gasteiger partial charge is 0.360 e. The molecule has 8 heteroatoms. The lowest BCUT2D eigenvalue weighted by atomic mass is 9.86. The van der Waals surface area contributed by atoms with Crippen LogP contribution in [0.15, 0.2) is 9.42 Å². The van der Waals surface area contributed by atoms with Crippen LogP contribution in [0.3, 0.4) is 0 Å². The summed E-state index contributed by atoms with van der Waals surface area (Å²) in [7, 11) is -3.66. The minimum atomic E-state index is -3.66. The second kappa shape index (κ2) is 8.62. The fourth-order valence-electron chi connectivity index (χ4n) is 3.22. The van der Waals surface area contributed by atoms with Crippen molar-refractivity contribution in [1.82, 2.24) is 15.2 Å². The number of rotatable bonds is 8. The maximum atomic E-state index is 12.2. The summed E-state index contributed by atoms with van der Waals surface area (Å²) in [6, 6.07) is 0. The monoisotopic (exact) mass is 357 g/mol. The van der Waals surface area contributed by atoms with E-state index in [9.17, 15) is 13.2 Å². The third-order valence-corrected chi connectivity index (χ3v) is 6.18. The fraction of sp³-hybridized carbons (Fsp3) is 0.750. The van der Waals surface area contributed by atoms with E-state index >= 15 is 0 Å². The van der Waals surface area contributed by atoms with Gasteiger partial charge in [-0.1, -0.05) is 37.3 Å². The van der Waals surface area contributed by atoms with Crippen molar-refractivity contribution in [3.63, 3.8) is 0 Å². The van der Waals surface area contributed by atoms with Crippen LogP contribution in [0, 0.1) is 19.8 Å². The number of amides is 1. The van der Waals surface area contributed by atoms with Gasteiger partial charge in [-0.15, -0.1) is 0 Å². The Hall–Kier alpha value is -1.41. The van der Waals surface area contributed by atoms with Crippen LogP contribution in [0.25, 0.3) is 0 Å². The van der Waals surface area contributed by atoms with E-state index in [0.29, 0.717) is 18.0 Å². The summed E-state index contributed by atoms with van der Waals surface area (Å²) in [5.74, 6) is 0.913. The van der Waals surface area contributed by atoms with Crippen molar-refractivity contribution >= 4 is 15.9 Å². The number of sulfonamides is 1. The molecule has 24 heavy (non-hydrogen) atoms. The van der Waals surface area contributed by atoms with Gasteiger partial charge in [-0.2, -0.15) is 0 Å². The average Bonchev–Trinajstić information content (AvgIpc) is 2.90. The quantitative estimate of drug-likeness (QED) is 0.693. The highest BCUT2D eigenvalue weighted by Crippen LogP contribution is 2.27. The van der Waals surface area contributed by atoms with Crippen LogP contribution in [0.5, 0.6) is 0 Å². The van der Waals surface area contributed by atoms with Gasteiger partial charge in [0.05, 0.1) is 0 Å². The Labute approximate surface area is 143 Å². The van der Waals surface area contributed by atoms with Crippen LogP contribution in [0.4, 0.5) is 0 Å². The molecule has 2 rings (SSSR count). The Morgan fingerprint density at radius 3 is 2.54 bits per heavy atom. The Morgan fingerprint density at radius 2 is 1.92 bits per heavy atom. The van der Waals surface area contributed by atoms with Gasteiger partial charge < -0.3 is 9.84 Å². The lowest BCUT2D eigenvalue weighted by molar-refractivity contribution is -0.121. The summed E-state index contributed by atoms with van der Waals surface area (Å²) in [6.45, 7) is 3.55. The molecule has 1 fully saturated rings. The summed E-state index contributed by atoms with van der Waals surface area (Å²) in [4.78, 5) is 11.9. The van der Waals surface area contributed by atoms with E-state index in [4.69, 9.17) is 4.52 Å². The average molecular weight is 357 g/mol. The fourth-order valence-corrected chi connectivity index (χ4v) is 4.57. The molecule has 1 aliphatic rings. The second-order valence-corrected chi connectivity index (χ2v) is 8.15. The van der Waals surface area contributed by atoms with E-state index in [0.717, 1.165) is 6.42 Å². The van der Waals surface area contributed by atoms with Gasteiger partial charge in [0.25, 0.3) is 0 Å². The number of hydrogen-bond acceptors (Lipinski definition) is 5. The van der Waals surface area contributed by atoms with Gasteiger partial charge in [-0.3, -0.25) is 4.79 Å². The molecule has 1 heterocycles. The van der Waals surface area contributed by atoms with Crippen molar-refractivity contribution in [3.05, 3.63) is 11.5 Å². The second-order valence-electron chi connectivity index (χ2n) is 6.44. The molecule has 7 nitrogen and oxygen atoms in total. The number of nitrogens with one attached hydrogen (secondary N) is 2. The normalized spacial score (nSPS) is 16.2. The van der Waals surface area contributed by atoms with Gasteiger partial charge in [0.2, 0.25) is 15.9 Å². The van der Waals surface area contributed by atoms with Crippen molar-refractivity contribution in [2.45, 2.75) is 63.7 Å². The molecule has 0 spiro atoms. The Balaban J connectivity index is 1.67. The van der Waals surface area contributed by atoms with Crippen molar-refractivity contribution in [2.24, 2.45) is 5.92 Å². The van der Waals surface area contributed by atoms with Gasteiger partial charge in [0, 0.05) is 19.5 Å². The van der Waals surface area contributed by atoms with Gasteiger partial charge in [-0.25, -0.2) is 13.1 Å². The molecule has 1 aromatic heterocycles. The molecule has 0 unspecified atom stereocenters. The van der Waals surface area contributed by atoms with Crippen molar-refractivity contribution in [1.29, 1.82) is 0 Å². The van der Waals surface area contributed by atoms with E-state index in [-0.39, 0.29) is 29.7 Å². The van der Waals surface area contributed by atoms with E-state index in [2.05, 4.69) is 15.2 Å². The summed E-state index contributed by atoms with van der Waals surface area (Å²) in [5, 5.41) is 6.41. The molecule has 1 saturated carbocycles. The van der Waals surface area contributed by atoms with E-state index in [1.165, 1.54) is 32.1 Å². The Kier molecular flexibility index (Phi) is 6.79. The first-order chi connectivity index (χ1) is 11.4. The lowest BCUT2D eigenvalue weighted by Crippen LogP contribution is -2.35. The molecule has 0 aliphatic heterocycles. The molecule has 0 saturated heterocycles. The van der Waals surface area contributed by atoms with Crippen molar-refractivity contribution < 1.29 is 17.7 Å². The number of aromatic nitrogens is 1. The highest BCUT2D eigenvalue weighted by Gasteiger charge is 2.23. The minimum Gasteiger partial charge on any atom is -0.360 e. The minimum absolute atomic E-state index is 0.0166. The molecular formula is C16H27N3O4S. The summed E-state index contributed by atoms with van der Waals surface area (Å²) in [6.07, 6.45) is 7.76. The molecular weight excluding hydrogens is 330 g/mol. The lowest BCUT2D eigenvalue weighted by Gasteiger charge is -2.20. The summed E-state index contributed by atoms with van der Waals surface area (Å²) >= 11 is 0. The third kappa shape index (κ3) is 5.31. The number of carbonyl (C=O) groups is 1. The predicted molar refractivity (Wildman–Crippen MR) is 90.0 cm³/mol. The van der Waals surface area contributed by atoms with Gasteiger partial charge in [-0.05, 0) is 26.2 Å². The molecule has 1 aromatic rings. The number of aryl methyl sites for hydroxylation is 2. The van der Waals surface area contributed by atoms with Crippen molar-refractivity contribution in [3.8, 4) is 0 Å². The number of nitrogens with zero attached hydrogens (tertiary/aromatic N) is 1. The van der Waals surface area contributed by atoms with Gasteiger partial charge in [0.15, 0.2) is 5.76 Å². The molecule has 0 atom stereocenters. The Bertz CT molecular complexity index is 629. The zero-order chi connectivity index (χ0) is 17.6. The topological polar surface area (TPSA) is 101 Å². The first-order valence-electron chi connectivity index (χ1n) is 8.59. The Morgan fingerprint density at radius 1 is 1.21 bits per heavy atom. The summed E-state index contributed by atoms with van der Waals surface area (Å²) < 4.78 is 31.7. The van der Waals surface area contributed by atoms with Crippen LogP contribution >= 0.6 is 0 Å². The maximum absolute atomic E-state index is 12.2.